The van der Waals surface area contributed by atoms with E-state index >= 15 is 0 Å². The Labute approximate surface area is 155 Å². The average Bonchev–Trinajstić information content (AvgIpc) is 2.68. The van der Waals surface area contributed by atoms with E-state index in [1.54, 1.807) is 19.1 Å². The minimum atomic E-state index is -4.27. The molecule has 0 aromatic heterocycles. The number of ether oxygens (including phenoxy) is 1. The Balaban J connectivity index is 0.000000346. The number of aryl methyl sites for hydroxylation is 1. The van der Waals surface area contributed by atoms with Gasteiger partial charge in [0.05, 0.1) is 18.4 Å². The first-order chi connectivity index (χ1) is 13.8. The lowest BCUT2D eigenvalue weighted by Crippen LogP contribution is -2.66. The topological polar surface area (TPSA) is 111 Å². The van der Waals surface area contributed by atoms with Crippen LogP contribution in [0.1, 0.15) is 24.9 Å². The first kappa shape index (κ1) is 14.0. The Kier molecular flexibility index (Phi) is 5.56. The summed E-state index contributed by atoms with van der Waals surface area (Å²) in [5.74, 6) is -0.547. The Hall–Kier alpha value is -2.22. The fourth-order valence-corrected chi connectivity index (χ4v) is 2.14. The lowest BCUT2D eigenvalue weighted by atomic mass is 10.1. The highest BCUT2D eigenvalue weighted by molar-refractivity contribution is 7.85. The van der Waals surface area contributed by atoms with Crippen LogP contribution in [-0.2, 0) is 26.1 Å². The summed E-state index contributed by atoms with van der Waals surface area (Å²) in [6.45, 7) is 3.70. The molecule has 2 rings (SSSR count). The van der Waals surface area contributed by atoms with Gasteiger partial charge in [0.1, 0.15) is 10.1 Å². The van der Waals surface area contributed by atoms with Crippen LogP contribution in [-0.4, -0.2) is 31.6 Å². The number of quaternary nitrogens is 1. The van der Waals surface area contributed by atoms with Crippen LogP contribution in [0.25, 0.3) is 0 Å². The van der Waals surface area contributed by atoms with E-state index in [1.807, 2.05) is 6.92 Å². The molecular weight excluding hydrogens is 342 g/mol. The molecule has 0 saturated carbocycles. The van der Waals surface area contributed by atoms with Gasteiger partial charge in [-0.1, -0.05) is 47.9 Å². The zero-order chi connectivity index (χ0) is 23.2. The molecule has 2 aromatic carbocycles. The van der Waals surface area contributed by atoms with Gasteiger partial charge in [-0.25, -0.2) is 13.2 Å². The average molecular weight is 370 g/mol. The molecule has 0 aliphatic heterocycles. The van der Waals surface area contributed by atoms with Gasteiger partial charge < -0.3 is 15.0 Å². The largest absolute Gasteiger partial charge is 0.744 e. The lowest BCUT2D eigenvalue weighted by molar-refractivity contribution is -0.407. The van der Waals surface area contributed by atoms with Crippen LogP contribution in [0.15, 0.2) is 59.4 Å². The third-order valence-electron chi connectivity index (χ3n) is 2.93. The first-order valence-electron chi connectivity index (χ1n) is 9.89. The number of hydrogen-bond acceptors (Lipinski definition) is 5. The predicted octanol–water partition coefficient (Wildman–Crippen LogP) is 1.30. The van der Waals surface area contributed by atoms with E-state index < -0.39 is 40.3 Å². The van der Waals surface area contributed by atoms with Crippen molar-refractivity contribution in [1.29, 1.82) is 0 Å². The number of esters is 1. The standard InChI is InChI=1S/C11H15NO2.C7H8O3S/c1-2-14-11(13)10(12)8-9-6-4-3-5-7-9;1-6-2-4-7(5-3-6)11(8,9)10/h3-7,10H,2,8,12H2,1H3;2-5H,1H3,(H,8,9,10)/t10-;/m0./s1/i3D,4D,5D,6D,7D;. The smallest absolute Gasteiger partial charge is 0.365 e. The van der Waals surface area contributed by atoms with E-state index in [2.05, 4.69) is 5.73 Å². The summed E-state index contributed by atoms with van der Waals surface area (Å²) in [5.41, 5.74) is 4.62. The van der Waals surface area contributed by atoms with Crippen molar-refractivity contribution in [1.82, 2.24) is 0 Å². The fraction of sp³-hybridized carbons (Fsp3) is 0.278. The normalized spacial score (nSPS) is 14.6. The number of carbonyl (C=O) groups excluding carboxylic acids is 1. The molecular formula is C18H23NO5S. The fourth-order valence-electron chi connectivity index (χ4n) is 1.67. The van der Waals surface area contributed by atoms with Gasteiger partial charge in [-0.05, 0) is 31.5 Å². The molecule has 0 aliphatic carbocycles. The number of hydrogen-bond donors (Lipinski definition) is 1. The van der Waals surface area contributed by atoms with Crippen molar-refractivity contribution in [2.45, 2.75) is 31.2 Å². The minimum absolute atomic E-state index is 0.0471. The summed E-state index contributed by atoms with van der Waals surface area (Å²) in [6.07, 6.45) is -0.0471. The Morgan fingerprint density at radius 3 is 2.28 bits per heavy atom. The molecule has 3 N–H and O–H groups in total. The van der Waals surface area contributed by atoms with E-state index in [9.17, 15) is 17.8 Å². The van der Waals surface area contributed by atoms with Crippen molar-refractivity contribution in [2.75, 3.05) is 6.61 Å². The quantitative estimate of drug-likeness (QED) is 0.630. The molecule has 0 radical (unpaired) electrons. The van der Waals surface area contributed by atoms with Crippen molar-refractivity contribution in [2.24, 2.45) is 0 Å². The minimum Gasteiger partial charge on any atom is -0.744 e. The van der Waals surface area contributed by atoms with Gasteiger partial charge in [-0.15, -0.1) is 0 Å². The summed E-state index contributed by atoms with van der Waals surface area (Å²) in [4.78, 5) is 11.3. The summed E-state index contributed by atoms with van der Waals surface area (Å²) >= 11 is 0. The van der Waals surface area contributed by atoms with E-state index in [-0.39, 0.29) is 35.6 Å². The van der Waals surface area contributed by atoms with Crippen LogP contribution in [0, 0.1) is 6.92 Å². The molecule has 0 fully saturated rings. The molecule has 6 nitrogen and oxygen atoms in total. The van der Waals surface area contributed by atoms with Crippen LogP contribution >= 0.6 is 0 Å². The second-order valence-electron chi connectivity index (χ2n) is 5.02. The lowest BCUT2D eigenvalue weighted by Gasteiger charge is -2.07. The van der Waals surface area contributed by atoms with E-state index in [0.717, 1.165) is 5.56 Å². The summed E-state index contributed by atoms with van der Waals surface area (Å²) in [6, 6.07) is 3.11. The van der Waals surface area contributed by atoms with Gasteiger partial charge in [-0.3, -0.25) is 0 Å². The summed E-state index contributed by atoms with van der Waals surface area (Å²) < 4.78 is 73.9. The van der Waals surface area contributed by atoms with Crippen molar-refractivity contribution in [3.63, 3.8) is 0 Å². The SMILES string of the molecule is Cc1ccc(S(=O)(=O)[O-])cc1.[2H]c1c([2H])c([2H])c(C[C@H]([NH3+])C(=O)OCC)c([2H])c1[2H]. The highest BCUT2D eigenvalue weighted by Crippen LogP contribution is 2.08. The molecule has 7 heteroatoms. The monoisotopic (exact) mass is 370 g/mol. The number of rotatable bonds is 5. The third-order valence-corrected chi connectivity index (χ3v) is 3.78. The Morgan fingerprint density at radius 1 is 1.24 bits per heavy atom. The molecule has 0 amide bonds. The number of benzene rings is 2. The molecule has 0 unspecified atom stereocenters. The van der Waals surface area contributed by atoms with Crippen molar-refractivity contribution < 1.29 is 35.1 Å². The van der Waals surface area contributed by atoms with Gasteiger partial charge in [-0.2, -0.15) is 0 Å². The molecule has 0 bridgehead atoms. The summed E-state index contributed by atoms with van der Waals surface area (Å²) in [7, 11) is -4.27. The molecule has 1 atom stereocenters. The van der Waals surface area contributed by atoms with Gasteiger partial charge in [0.25, 0.3) is 0 Å². The van der Waals surface area contributed by atoms with Gasteiger partial charge in [0, 0.05) is 6.42 Å². The van der Waals surface area contributed by atoms with Crippen molar-refractivity contribution in [3.05, 3.63) is 65.6 Å². The molecule has 0 aliphatic rings. The predicted molar refractivity (Wildman–Crippen MR) is 92.6 cm³/mol. The maximum atomic E-state index is 11.5. The molecule has 0 saturated heterocycles. The molecule has 136 valence electrons. The van der Waals surface area contributed by atoms with Crippen molar-refractivity contribution in [3.8, 4) is 0 Å². The van der Waals surface area contributed by atoms with Crippen LogP contribution in [0.5, 0.6) is 0 Å². The Bertz CT molecular complexity index is 984. The molecule has 25 heavy (non-hydrogen) atoms. The van der Waals surface area contributed by atoms with Crippen LogP contribution in [0.3, 0.4) is 0 Å². The zero-order valence-electron chi connectivity index (χ0n) is 19.0. The van der Waals surface area contributed by atoms with E-state index in [0.29, 0.717) is 0 Å². The Morgan fingerprint density at radius 2 is 1.80 bits per heavy atom. The first-order valence-corrected chi connectivity index (χ1v) is 8.80. The number of carbonyl (C=O) groups is 1. The molecule has 0 spiro atoms. The van der Waals surface area contributed by atoms with E-state index in [1.165, 1.54) is 12.1 Å². The van der Waals surface area contributed by atoms with Crippen LogP contribution in [0.4, 0.5) is 0 Å². The molecule has 2 aromatic rings. The van der Waals surface area contributed by atoms with Crippen LogP contribution < -0.4 is 5.73 Å². The molecule has 0 heterocycles. The van der Waals surface area contributed by atoms with Crippen molar-refractivity contribution >= 4 is 16.1 Å². The van der Waals surface area contributed by atoms with Crippen LogP contribution in [0.2, 0.25) is 0 Å². The zero-order valence-corrected chi connectivity index (χ0v) is 14.8. The van der Waals surface area contributed by atoms with E-state index in [4.69, 9.17) is 11.6 Å². The maximum absolute atomic E-state index is 11.5. The third kappa shape index (κ3) is 7.93. The second-order valence-corrected chi connectivity index (χ2v) is 6.40. The van der Waals surface area contributed by atoms with Gasteiger partial charge >= 0.3 is 5.97 Å². The summed E-state index contributed by atoms with van der Waals surface area (Å²) in [5, 5.41) is 0. The highest BCUT2D eigenvalue weighted by atomic mass is 32.2. The second kappa shape index (κ2) is 9.93. The van der Waals surface area contributed by atoms with Gasteiger partial charge in [0.15, 0.2) is 6.04 Å². The highest BCUT2D eigenvalue weighted by Gasteiger charge is 2.18. The maximum Gasteiger partial charge on any atom is 0.365 e. The van der Waals surface area contributed by atoms with Gasteiger partial charge in [0.2, 0.25) is 0 Å².